The molecule has 2 atom stereocenters. The summed E-state index contributed by atoms with van der Waals surface area (Å²) in [5, 5.41) is 22.0. The van der Waals surface area contributed by atoms with Gasteiger partial charge in [0.2, 0.25) is 5.91 Å². The Labute approximate surface area is 121 Å². The van der Waals surface area contributed by atoms with Crippen molar-refractivity contribution in [2.45, 2.75) is 45.2 Å². The molecule has 0 saturated carbocycles. The molecular weight excluding hydrogens is 282 g/mol. The van der Waals surface area contributed by atoms with Gasteiger partial charge in [-0.15, -0.1) is 0 Å². The molecule has 0 heterocycles. The third-order valence-electron chi connectivity index (χ3n) is 2.74. The maximum atomic E-state index is 12.0. The largest absolute Gasteiger partial charge is 0.481 e. The van der Waals surface area contributed by atoms with E-state index in [2.05, 4.69) is 10.6 Å². The van der Waals surface area contributed by atoms with E-state index in [1.807, 2.05) is 0 Å². The lowest BCUT2D eigenvalue weighted by Crippen LogP contribution is -2.54. The summed E-state index contributed by atoms with van der Waals surface area (Å²) in [6, 6.07) is -3.06. The molecule has 0 aliphatic carbocycles. The van der Waals surface area contributed by atoms with Crippen molar-refractivity contribution < 1.29 is 29.4 Å². The van der Waals surface area contributed by atoms with Crippen LogP contribution < -0.4 is 16.4 Å². The summed E-state index contributed by atoms with van der Waals surface area (Å²) in [6.45, 7) is 3.33. The summed E-state index contributed by atoms with van der Waals surface area (Å²) in [6.07, 6.45) is -0.0935. The summed E-state index contributed by atoms with van der Waals surface area (Å²) < 4.78 is 0. The van der Waals surface area contributed by atoms with Gasteiger partial charge in [0.15, 0.2) is 0 Å². The number of amides is 3. The van der Waals surface area contributed by atoms with Crippen LogP contribution in [-0.2, 0) is 14.4 Å². The number of carbonyl (C=O) groups is 4. The van der Waals surface area contributed by atoms with E-state index < -0.39 is 36.0 Å². The molecule has 0 aliphatic heterocycles. The van der Waals surface area contributed by atoms with Gasteiger partial charge in [-0.25, -0.2) is 9.59 Å². The summed E-state index contributed by atoms with van der Waals surface area (Å²) >= 11 is 0. The number of nitrogens with one attached hydrogen (secondary N) is 2. The number of carboxylic acids is 2. The van der Waals surface area contributed by atoms with E-state index in [0.717, 1.165) is 0 Å². The Hall–Kier alpha value is -2.32. The highest BCUT2D eigenvalue weighted by Crippen LogP contribution is 2.06. The Bertz CT molecular complexity index is 410. The Morgan fingerprint density at radius 2 is 1.67 bits per heavy atom. The molecule has 0 spiro atoms. The predicted octanol–water partition coefficient (Wildman–Crippen LogP) is -0.496. The van der Waals surface area contributed by atoms with Crippen molar-refractivity contribution >= 4 is 23.9 Å². The monoisotopic (exact) mass is 303 g/mol. The molecular formula is C12H21N3O6. The Kier molecular flexibility index (Phi) is 7.80. The average Bonchev–Trinajstić information content (AvgIpc) is 2.33. The lowest BCUT2D eigenvalue weighted by molar-refractivity contribution is -0.143. The van der Waals surface area contributed by atoms with Gasteiger partial charge >= 0.3 is 18.0 Å². The number of carbonyl (C=O) groups excluding carboxylic acids is 2. The van der Waals surface area contributed by atoms with Crippen LogP contribution in [0.1, 0.15) is 33.1 Å². The van der Waals surface area contributed by atoms with Gasteiger partial charge in [0.25, 0.3) is 0 Å². The molecule has 0 rings (SSSR count). The quantitative estimate of drug-likeness (QED) is 0.386. The maximum Gasteiger partial charge on any atom is 0.326 e. The number of urea groups is 1. The normalized spacial score (nSPS) is 13.3. The van der Waals surface area contributed by atoms with Gasteiger partial charge in [-0.05, 0) is 18.8 Å². The minimum Gasteiger partial charge on any atom is -0.481 e. The lowest BCUT2D eigenvalue weighted by Gasteiger charge is -2.23. The highest BCUT2D eigenvalue weighted by molar-refractivity contribution is 5.89. The summed E-state index contributed by atoms with van der Waals surface area (Å²) in [5.74, 6) is -3.27. The second kappa shape index (κ2) is 8.77. The van der Waals surface area contributed by atoms with E-state index in [4.69, 9.17) is 15.9 Å². The minimum atomic E-state index is -1.27. The van der Waals surface area contributed by atoms with Gasteiger partial charge in [-0.1, -0.05) is 13.8 Å². The van der Waals surface area contributed by atoms with Crippen molar-refractivity contribution in [3.63, 3.8) is 0 Å². The van der Waals surface area contributed by atoms with Gasteiger partial charge in [0, 0.05) is 6.42 Å². The standard InChI is InChI=1S/C12H21N3O6/c1-6(2)9(15-12(13)21)10(18)14-7(11(19)20)4-3-5-8(16)17/h6-7,9H,3-5H2,1-2H3,(H,14,18)(H,16,17)(H,19,20)(H3,13,15,21)/t7-,9?/m1/s1. The predicted molar refractivity (Wildman–Crippen MR) is 72.4 cm³/mol. The molecule has 0 bridgehead atoms. The molecule has 0 aliphatic rings. The zero-order valence-corrected chi connectivity index (χ0v) is 12.0. The first-order valence-corrected chi connectivity index (χ1v) is 6.46. The Morgan fingerprint density at radius 1 is 1.10 bits per heavy atom. The fourth-order valence-corrected chi connectivity index (χ4v) is 1.66. The highest BCUT2D eigenvalue weighted by Gasteiger charge is 2.27. The van der Waals surface area contributed by atoms with Crippen LogP contribution in [0.5, 0.6) is 0 Å². The van der Waals surface area contributed by atoms with E-state index in [0.29, 0.717) is 0 Å². The van der Waals surface area contributed by atoms with E-state index in [1.165, 1.54) is 0 Å². The molecule has 1 unspecified atom stereocenters. The summed E-state index contributed by atoms with van der Waals surface area (Å²) in [7, 11) is 0. The molecule has 0 fully saturated rings. The van der Waals surface area contributed by atoms with Crippen LogP contribution in [0.25, 0.3) is 0 Å². The van der Waals surface area contributed by atoms with E-state index in [-0.39, 0.29) is 25.2 Å². The number of aliphatic carboxylic acids is 2. The van der Waals surface area contributed by atoms with Crippen LogP contribution in [0.3, 0.4) is 0 Å². The number of rotatable bonds is 9. The third-order valence-corrected chi connectivity index (χ3v) is 2.74. The van der Waals surface area contributed by atoms with Crippen molar-refractivity contribution in [1.82, 2.24) is 10.6 Å². The van der Waals surface area contributed by atoms with Crippen LogP contribution in [0.2, 0.25) is 0 Å². The zero-order chi connectivity index (χ0) is 16.6. The van der Waals surface area contributed by atoms with Crippen molar-refractivity contribution in [3.8, 4) is 0 Å². The van der Waals surface area contributed by atoms with Gasteiger partial charge in [0.05, 0.1) is 0 Å². The number of hydrogen-bond acceptors (Lipinski definition) is 4. The molecule has 9 nitrogen and oxygen atoms in total. The third kappa shape index (κ3) is 7.75. The van der Waals surface area contributed by atoms with Crippen LogP contribution in [0, 0.1) is 5.92 Å². The van der Waals surface area contributed by atoms with Crippen LogP contribution in [-0.4, -0.2) is 46.2 Å². The molecule has 0 saturated heterocycles. The van der Waals surface area contributed by atoms with Crippen molar-refractivity contribution in [2.24, 2.45) is 11.7 Å². The van der Waals surface area contributed by atoms with Crippen LogP contribution in [0.15, 0.2) is 0 Å². The lowest BCUT2D eigenvalue weighted by atomic mass is 10.0. The van der Waals surface area contributed by atoms with Gasteiger partial charge in [0.1, 0.15) is 12.1 Å². The number of primary amides is 1. The summed E-state index contributed by atoms with van der Waals surface area (Å²) in [5.41, 5.74) is 4.96. The highest BCUT2D eigenvalue weighted by atomic mass is 16.4. The molecule has 21 heavy (non-hydrogen) atoms. The molecule has 0 aromatic rings. The first kappa shape index (κ1) is 18.7. The van der Waals surface area contributed by atoms with Crippen molar-refractivity contribution in [1.29, 1.82) is 0 Å². The smallest absolute Gasteiger partial charge is 0.326 e. The molecule has 9 heteroatoms. The zero-order valence-electron chi connectivity index (χ0n) is 12.0. The minimum absolute atomic E-state index is 0.0191. The van der Waals surface area contributed by atoms with Crippen molar-refractivity contribution in [3.05, 3.63) is 0 Å². The van der Waals surface area contributed by atoms with Crippen LogP contribution >= 0.6 is 0 Å². The number of carboxylic acid groups (broad SMARTS) is 2. The molecule has 3 amide bonds. The van der Waals surface area contributed by atoms with Gasteiger partial charge < -0.3 is 26.6 Å². The molecule has 6 N–H and O–H groups in total. The topological polar surface area (TPSA) is 159 Å². The molecule has 120 valence electrons. The number of hydrogen-bond donors (Lipinski definition) is 5. The Balaban J connectivity index is 4.66. The fraction of sp³-hybridized carbons (Fsp3) is 0.667. The molecule has 0 aromatic carbocycles. The fourth-order valence-electron chi connectivity index (χ4n) is 1.66. The first-order chi connectivity index (χ1) is 9.65. The molecule has 0 radical (unpaired) electrons. The first-order valence-electron chi connectivity index (χ1n) is 6.46. The average molecular weight is 303 g/mol. The second-order valence-electron chi connectivity index (χ2n) is 4.92. The maximum absolute atomic E-state index is 12.0. The number of nitrogens with two attached hydrogens (primary N) is 1. The van der Waals surface area contributed by atoms with E-state index in [1.54, 1.807) is 13.8 Å². The van der Waals surface area contributed by atoms with Gasteiger partial charge in [-0.3, -0.25) is 9.59 Å². The Morgan fingerprint density at radius 3 is 2.05 bits per heavy atom. The van der Waals surface area contributed by atoms with E-state index >= 15 is 0 Å². The van der Waals surface area contributed by atoms with E-state index in [9.17, 15) is 19.2 Å². The van der Waals surface area contributed by atoms with Crippen molar-refractivity contribution in [2.75, 3.05) is 0 Å². The summed E-state index contributed by atoms with van der Waals surface area (Å²) in [4.78, 5) is 44.3. The van der Waals surface area contributed by atoms with Gasteiger partial charge in [-0.2, -0.15) is 0 Å². The second-order valence-corrected chi connectivity index (χ2v) is 4.92. The molecule has 0 aromatic heterocycles. The SMILES string of the molecule is CC(C)C(NC(N)=O)C(=O)N[C@H](CCCC(=O)O)C(=O)O. The van der Waals surface area contributed by atoms with Crippen LogP contribution in [0.4, 0.5) is 4.79 Å².